The van der Waals surface area contributed by atoms with Crippen LogP contribution in [-0.2, 0) is 15.9 Å². The zero-order valence-electron chi connectivity index (χ0n) is 13.6. The third-order valence-corrected chi connectivity index (χ3v) is 4.51. The molecule has 0 radical (unpaired) electrons. The Balaban J connectivity index is 1.75. The molecule has 0 bridgehead atoms. The summed E-state index contributed by atoms with van der Waals surface area (Å²) in [5.74, 6) is -1.71. The molecule has 0 saturated carbocycles. The molecule has 2 aromatic rings. The molecule has 1 aromatic heterocycles. The first-order valence-electron chi connectivity index (χ1n) is 7.50. The minimum Gasteiger partial charge on any atom is -0.399 e. The molecule has 0 aliphatic carbocycles. The second kappa shape index (κ2) is 5.42. The summed E-state index contributed by atoms with van der Waals surface area (Å²) in [6.45, 7) is 8.28. The predicted molar refractivity (Wildman–Crippen MR) is 83.4 cm³/mol. The van der Waals surface area contributed by atoms with E-state index in [1.54, 1.807) is 17.1 Å². The Hall–Kier alpha value is -1.73. The monoisotopic (exact) mass is 320 g/mol. The van der Waals surface area contributed by atoms with Crippen LogP contribution in [0.4, 0.5) is 8.78 Å². The highest BCUT2D eigenvalue weighted by Gasteiger charge is 2.52. The molecule has 1 aliphatic rings. The lowest BCUT2D eigenvalue weighted by molar-refractivity contribution is 0.00578. The van der Waals surface area contributed by atoms with Gasteiger partial charge in [0.1, 0.15) is 0 Å². The van der Waals surface area contributed by atoms with Crippen LogP contribution in [0.2, 0.25) is 0 Å². The SMILES string of the molecule is CC1(C)OB(c2cnn(Cc3ccc(F)c(F)c3)c2)OC1(C)C. The van der Waals surface area contributed by atoms with Crippen LogP contribution in [0.15, 0.2) is 30.6 Å². The Kier molecular flexibility index (Phi) is 3.81. The first-order valence-corrected chi connectivity index (χ1v) is 7.50. The molecular formula is C16H19BF2N2O2. The van der Waals surface area contributed by atoms with Crippen molar-refractivity contribution in [2.75, 3.05) is 0 Å². The zero-order chi connectivity index (χ0) is 16.8. The molecule has 1 aliphatic heterocycles. The molecule has 1 fully saturated rings. The highest BCUT2D eigenvalue weighted by molar-refractivity contribution is 6.61. The van der Waals surface area contributed by atoms with Gasteiger partial charge in [-0.2, -0.15) is 5.10 Å². The Morgan fingerprint density at radius 1 is 1.09 bits per heavy atom. The maximum Gasteiger partial charge on any atom is 0.498 e. The summed E-state index contributed by atoms with van der Waals surface area (Å²) in [5, 5.41) is 4.24. The van der Waals surface area contributed by atoms with E-state index >= 15 is 0 Å². The Morgan fingerprint density at radius 2 is 1.74 bits per heavy atom. The van der Waals surface area contributed by atoms with E-state index in [1.165, 1.54) is 12.1 Å². The maximum atomic E-state index is 13.3. The van der Waals surface area contributed by atoms with Crippen molar-refractivity contribution < 1.29 is 18.1 Å². The fourth-order valence-electron chi connectivity index (χ4n) is 2.39. The molecule has 4 nitrogen and oxygen atoms in total. The molecule has 7 heteroatoms. The van der Waals surface area contributed by atoms with Gasteiger partial charge < -0.3 is 9.31 Å². The van der Waals surface area contributed by atoms with Gasteiger partial charge in [-0.05, 0) is 45.4 Å². The van der Waals surface area contributed by atoms with Crippen LogP contribution in [0.1, 0.15) is 33.3 Å². The quantitative estimate of drug-likeness (QED) is 0.816. The summed E-state index contributed by atoms with van der Waals surface area (Å²) in [7, 11) is -0.487. The van der Waals surface area contributed by atoms with Crippen LogP contribution in [0.25, 0.3) is 0 Å². The van der Waals surface area contributed by atoms with Gasteiger partial charge in [0.15, 0.2) is 11.6 Å². The van der Waals surface area contributed by atoms with Gasteiger partial charge in [0.2, 0.25) is 0 Å². The van der Waals surface area contributed by atoms with Crippen molar-refractivity contribution in [2.24, 2.45) is 0 Å². The van der Waals surface area contributed by atoms with E-state index in [0.29, 0.717) is 12.1 Å². The summed E-state index contributed by atoms with van der Waals surface area (Å²) in [5.41, 5.74) is 0.596. The van der Waals surface area contributed by atoms with Gasteiger partial charge in [0, 0.05) is 17.9 Å². The Labute approximate surface area is 134 Å². The van der Waals surface area contributed by atoms with Crippen LogP contribution in [0.3, 0.4) is 0 Å². The number of nitrogens with zero attached hydrogens (tertiary/aromatic N) is 2. The fraction of sp³-hybridized carbons (Fsp3) is 0.438. The summed E-state index contributed by atoms with van der Waals surface area (Å²) in [6, 6.07) is 3.82. The van der Waals surface area contributed by atoms with E-state index in [4.69, 9.17) is 9.31 Å². The number of hydrogen-bond acceptors (Lipinski definition) is 3. The van der Waals surface area contributed by atoms with E-state index in [1.807, 2.05) is 27.7 Å². The second-order valence-corrected chi connectivity index (χ2v) is 6.81. The van der Waals surface area contributed by atoms with Crippen LogP contribution in [0.5, 0.6) is 0 Å². The smallest absolute Gasteiger partial charge is 0.399 e. The Morgan fingerprint density at radius 3 is 2.35 bits per heavy atom. The molecule has 0 amide bonds. The molecule has 0 N–H and O–H groups in total. The van der Waals surface area contributed by atoms with Gasteiger partial charge in [-0.3, -0.25) is 4.68 Å². The van der Waals surface area contributed by atoms with Crippen LogP contribution < -0.4 is 5.46 Å². The molecule has 0 unspecified atom stereocenters. The molecule has 1 saturated heterocycles. The van der Waals surface area contributed by atoms with Crippen molar-refractivity contribution in [3.63, 3.8) is 0 Å². The topological polar surface area (TPSA) is 36.3 Å². The van der Waals surface area contributed by atoms with Gasteiger partial charge in [-0.15, -0.1) is 0 Å². The average molecular weight is 320 g/mol. The normalized spacial score (nSPS) is 19.3. The molecular weight excluding hydrogens is 301 g/mol. The Bertz CT molecular complexity index is 715. The largest absolute Gasteiger partial charge is 0.498 e. The maximum absolute atomic E-state index is 13.3. The minimum absolute atomic E-state index is 0.344. The highest BCUT2D eigenvalue weighted by Crippen LogP contribution is 2.36. The van der Waals surface area contributed by atoms with E-state index in [2.05, 4.69) is 5.10 Å². The van der Waals surface area contributed by atoms with Crippen molar-refractivity contribution in [1.29, 1.82) is 0 Å². The molecule has 3 rings (SSSR count). The number of rotatable bonds is 3. The van der Waals surface area contributed by atoms with E-state index in [9.17, 15) is 8.78 Å². The molecule has 23 heavy (non-hydrogen) atoms. The summed E-state index contributed by atoms with van der Waals surface area (Å²) in [4.78, 5) is 0. The van der Waals surface area contributed by atoms with Crippen LogP contribution in [0, 0.1) is 11.6 Å². The van der Waals surface area contributed by atoms with Crippen molar-refractivity contribution >= 4 is 12.6 Å². The van der Waals surface area contributed by atoms with Gasteiger partial charge in [0.25, 0.3) is 0 Å². The number of hydrogen-bond donors (Lipinski definition) is 0. The van der Waals surface area contributed by atoms with E-state index in [-0.39, 0.29) is 0 Å². The lowest BCUT2D eigenvalue weighted by Crippen LogP contribution is -2.41. The molecule has 122 valence electrons. The van der Waals surface area contributed by atoms with E-state index in [0.717, 1.165) is 11.5 Å². The van der Waals surface area contributed by atoms with Gasteiger partial charge >= 0.3 is 7.12 Å². The first-order chi connectivity index (χ1) is 10.7. The molecule has 1 aromatic carbocycles. The molecule has 0 spiro atoms. The fourth-order valence-corrected chi connectivity index (χ4v) is 2.39. The second-order valence-electron chi connectivity index (χ2n) is 6.81. The summed E-state index contributed by atoms with van der Waals surface area (Å²) < 4.78 is 39.8. The van der Waals surface area contributed by atoms with Crippen molar-refractivity contribution in [2.45, 2.75) is 45.4 Å². The highest BCUT2D eigenvalue weighted by atomic mass is 19.2. The van der Waals surface area contributed by atoms with Gasteiger partial charge in [0.05, 0.1) is 17.7 Å². The summed E-state index contributed by atoms with van der Waals surface area (Å²) in [6.07, 6.45) is 3.46. The van der Waals surface area contributed by atoms with Crippen molar-refractivity contribution in [1.82, 2.24) is 9.78 Å². The lowest BCUT2D eigenvalue weighted by Gasteiger charge is -2.32. The van der Waals surface area contributed by atoms with Gasteiger partial charge in [-0.1, -0.05) is 6.07 Å². The third kappa shape index (κ3) is 3.03. The average Bonchev–Trinajstić information content (AvgIpc) is 2.97. The predicted octanol–water partition coefficient (Wildman–Crippen LogP) is 2.51. The van der Waals surface area contributed by atoms with Gasteiger partial charge in [-0.25, -0.2) is 8.78 Å². The van der Waals surface area contributed by atoms with Crippen molar-refractivity contribution in [3.05, 3.63) is 47.8 Å². The standard InChI is InChI=1S/C16H19BF2N2O2/c1-15(2)16(3,4)23-17(22-15)12-8-20-21(10-12)9-11-5-6-13(18)14(19)7-11/h5-8,10H,9H2,1-4H3. The number of aromatic nitrogens is 2. The molecule has 0 atom stereocenters. The zero-order valence-corrected chi connectivity index (χ0v) is 13.6. The van der Waals surface area contributed by atoms with E-state index < -0.39 is 30.0 Å². The van der Waals surface area contributed by atoms with Crippen LogP contribution >= 0.6 is 0 Å². The van der Waals surface area contributed by atoms with Crippen LogP contribution in [-0.4, -0.2) is 28.1 Å². The minimum atomic E-state index is -0.860. The third-order valence-electron chi connectivity index (χ3n) is 4.51. The lowest BCUT2D eigenvalue weighted by atomic mass is 9.82. The number of halogens is 2. The van der Waals surface area contributed by atoms with Crippen molar-refractivity contribution in [3.8, 4) is 0 Å². The first kappa shape index (κ1) is 16.1. The number of benzene rings is 1. The molecule has 2 heterocycles. The summed E-state index contributed by atoms with van der Waals surface area (Å²) >= 11 is 0.